The summed E-state index contributed by atoms with van der Waals surface area (Å²) in [5.41, 5.74) is 1.05. The van der Waals surface area contributed by atoms with Gasteiger partial charge in [-0.2, -0.15) is 37.3 Å². The Morgan fingerprint density at radius 2 is 0.857 bits per heavy atom. The molecule has 0 bridgehead atoms. The number of nitrogens with zero attached hydrogens (tertiary/aromatic N) is 4. The largest absolute Gasteiger partial charge is 1.00 e. The molecule has 6 aromatic rings. The van der Waals surface area contributed by atoms with Crippen LogP contribution in [0.3, 0.4) is 0 Å². The zero-order chi connectivity index (χ0) is 33.3. The molecule has 0 fully saturated rings. The van der Waals surface area contributed by atoms with Gasteiger partial charge in [0.15, 0.2) is 0 Å². The van der Waals surface area contributed by atoms with Crippen molar-refractivity contribution < 1.29 is 95.3 Å². The number of benzene rings is 6. The van der Waals surface area contributed by atoms with Crippen LogP contribution in [0, 0.1) is 0 Å². The predicted molar refractivity (Wildman–Crippen MR) is 172 cm³/mol. The van der Waals surface area contributed by atoms with E-state index >= 15 is 0 Å². The standard InChI is InChI=1S/C32H22N4O8S3.2Na/c37-29-15-1-19-17-25(46(39,40)41)11-13-27(19)31(29)35-33-21-3-7-23(8-4-21)45-24-9-5-22(6-10-24)34-36-32-28-14-12-26(47(42,43)44)18-20(28)2-16-30(32)38;;/h1-18,37-38H,(H,39,40,41)(H,42,43,44);;/q;2*+1/p-2. The molecule has 0 heterocycles. The molecule has 0 saturated carbocycles. The maximum absolute atomic E-state index is 12.5. The zero-order valence-electron chi connectivity index (χ0n) is 25.7. The third kappa shape index (κ3) is 9.14. The molecule has 0 aromatic heterocycles. The molecule has 0 radical (unpaired) electrons. The Bertz CT molecular complexity index is 2290. The minimum atomic E-state index is -4.40. The fraction of sp³-hybridized carbons (Fsp3) is 0. The Hall–Kier alpha value is -3.19. The van der Waals surface area contributed by atoms with Crippen molar-refractivity contribution in [3.8, 4) is 11.5 Å². The molecule has 2 N–H and O–H groups in total. The van der Waals surface area contributed by atoms with E-state index in [2.05, 4.69) is 20.5 Å². The van der Waals surface area contributed by atoms with E-state index in [1.54, 1.807) is 24.3 Å². The summed E-state index contributed by atoms with van der Waals surface area (Å²) in [4.78, 5) is 1.20. The smallest absolute Gasteiger partial charge is 0.871 e. The SMILES string of the molecule is O=S(=O)(O)c1ccc2c(N=Nc3ccc(Sc4ccc(N=Nc5c([O-])ccc6cc(S(=O)(=O)O)ccc56)cc4)cc3)c([O-])ccc2c1.[Na+].[Na+]. The van der Waals surface area contributed by atoms with Crippen molar-refractivity contribution in [1.82, 2.24) is 0 Å². The van der Waals surface area contributed by atoms with E-state index in [9.17, 15) is 36.2 Å². The Morgan fingerprint density at radius 3 is 1.20 bits per heavy atom. The summed E-state index contributed by atoms with van der Waals surface area (Å²) in [6, 6.07) is 27.3. The molecule has 0 aliphatic heterocycles. The molecule has 0 unspecified atom stereocenters. The van der Waals surface area contributed by atoms with Crippen molar-refractivity contribution in [2.45, 2.75) is 19.6 Å². The molecule has 6 rings (SSSR count). The van der Waals surface area contributed by atoms with Crippen LogP contribution in [0.4, 0.5) is 22.7 Å². The molecule has 0 saturated heterocycles. The molecule has 12 nitrogen and oxygen atoms in total. The van der Waals surface area contributed by atoms with Gasteiger partial charge in [0.05, 0.1) is 32.5 Å². The van der Waals surface area contributed by atoms with Crippen molar-refractivity contribution in [1.29, 1.82) is 0 Å². The van der Waals surface area contributed by atoms with Crippen LogP contribution in [-0.2, 0) is 20.2 Å². The number of hydrogen-bond donors (Lipinski definition) is 2. The third-order valence-electron chi connectivity index (χ3n) is 6.89. The summed E-state index contributed by atoms with van der Waals surface area (Å²) in [6.45, 7) is 0. The van der Waals surface area contributed by atoms with E-state index in [1.807, 2.05) is 24.3 Å². The van der Waals surface area contributed by atoms with Gasteiger partial charge >= 0.3 is 59.1 Å². The topological polar surface area (TPSA) is 204 Å². The van der Waals surface area contributed by atoms with Crippen molar-refractivity contribution >= 4 is 76.3 Å². The van der Waals surface area contributed by atoms with Crippen molar-refractivity contribution in [2.75, 3.05) is 0 Å². The molecule has 0 aliphatic rings. The summed E-state index contributed by atoms with van der Waals surface area (Å²) in [6.07, 6.45) is 0. The van der Waals surface area contributed by atoms with Gasteiger partial charge in [-0.3, -0.25) is 9.11 Å². The minimum absolute atomic E-state index is 0. The van der Waals surface area contributed by atoms with Gasteiger partial charge in [-0.15, -0.1) is 0 Å². The van der Waals surface area contributed by atoms with Crippen LogP contribution in [0.2, 0.25) is 0 Å². The molecule has 0 spiro atoms. The predicted octanol–water partition coefficient (Wildman–Crippen LogP) is 1.62. The first-order valence-electron chi connectivity index (χ1n) is 13.5. The molecular formula is C32H20N4Na2O8S3. The Kier molecular flexibility index (Phi) is 12.4. The summed E-state index contributed by atoms with van der Waals surface area (Å²) in [5.74, 6) is -0.785. The van der Waals surface area contributed by atoms with Gasteiger partial charge in [0.25, 0.3) is 20.2 Å². The van der Waals surface area contributed by atoms with E-state index in [0.29, 0.717) is 32.9 Å². The van der Waals surface area contributed by atoms with Gasteiger partial charge < -0.3 is 10.2 Å². The molecule has 17 heteroatoms. The normalized spacial score (nSPS) is 12.0. The van der Waals surface area contributed by atoms with Gasteiger partial charge in [0.2, 0.25) is 0 Å². The molecule has 49 heavy (non-hydrogen) atoms. The monoisotopic (exact) mass is 730 g/mol. The van der Waals surface area contributed by atoms with Gasteiger partial charge in [0.1, 0.15) is 0 Å². The first kappa shape index (κ1) is 38.6. The van der Waals surface area contributed by atoms with E-state index in [4.69, 9.17) is 0 Å². The summed E-state index contributed by atoms with van der Waals surface area (Å²) in [7, 11) is -8.80. The van der Waals surface area contributed by atoms with E-state index in [0.717, 1.165) is 9.79 Å². The Labute approximate surface area is 329 Å². The molecule has 0 aliphatic carbocycles. The van der Waals surface area contributed by atoms with Crippen molar-refractivity contribution in [2.24, 2.45) is 20.5 Å². The van der Waals surface area contributed by atoms with Gasteiger partial charge in [-0.05, 0) is 83.6 Å². The second-order valence-corrected chi connectivity index (χ2v) is 14.0. The van der Waals surface area contributed by atoms with Gasteiger partial charge in [-0.1, -0.05) is 59.7 Å². The summed E-state index contributed by atoms with van der Waals surface area (Å²) < 4.78 is 64.5. The molecule has 0 atom stereocenters. The first-order chi connectivity index (χ1) is 22.3. The maximum Gasteiger partial charge on any atom is 1.00 e. The minimum Gasteiger partial charge on any atom is -0.871 e. The number of azo groups is 2. The first-order valence-corrected chi connectivity index (χ1v) is 17.2. The molecule has 6 aromatic carbocycles. The fourth-order valence-electron chi connectivity index (χ4n) is 4.58. The number of hydrogen-bond acceptors (Lipinski definition) is 11. The Morgan fingerprint density at radius 1 is 0.490 bits per heavy atom. The number of rotatable bonds is 8. The summed E-state index contributed by atoms with van der Waals surface area (Å²) in [5, 5.41) is 43.1. The average Bonchev–Trinajstić information content (AvgIpc) is 3.04. The molecular weight excluding hydrogens is 711 g/mol. The Balaban J connectivity index is 0.00000270. The second kappa shape index (κ2) is 15.8. The van der Waals surface area contributed by atoms with Crippen LogP contribution in [-0.4, -0.2) is 25.9 Å². The van der Waals surface area contributed by atoms with Crippen LogP contribution >= 0.6 is 11.8 Å². The molecule has 236 valence electrons. The van der Waals surface area contributed by atoms with Crippen molar-refractivity contribution in [3.05, 3.63) is 109 Å². The quantitative estimate of drug-likeness (QED) is 0.133. The van der Waals surface area contributed by atoms with Crippen LogP contribution < -0.4 is 69.3 Å². The van der Waals surface area contributed by atoms with E-state index < -0.39 is 31.7 Å². The molecule has 0 amide bonds. The summed E-state index contributed by atoms with van der Waals surface area (Å²) >= 11 is 1.47. The fourth-order valence-corrected chi connectivity index (χ4v) is 6.43. The van der Waals surface area contributed by atoms with E-state index in [1.165, 1.54) is 72.4 Å². The average molecular weight is 731 g/mol. The van der Waals surface area contributed by atoms with Crippen LogP contribution in [0.5, 0.6) is 11.5 Å². The van der Waals surface area contributed by atoms with Crippen LogP contribution in [0.1, 0.15) is 0 Å². The van der Waals surface area contributed by atoms with Crippen molar-refractivity contribution in [3.63, 3.8) is 0 Å². The van der Waals surface area contributed by atoms with Crippen LogP contribution in [0.15, 0.2) is 149 Å². The number of fused-ring (bicyclic) bond motifs is 2. The van der Waals surface area contributed by atoms with Gasteiger partial charge in [-0.25, -0.2) is 0 Å². The third-order valence-corrected chi connectivity index (χ3v) is 9.60. The van der Waals surface area contributed by atoms with Crippen LogP contribution in [0.25, 0.3) is 21.5 Å². The zero-order valence-corrected chi connectivity index (χ0v) is 32.2. The second-order valence-electron chi connectivity index (χ2n) is 10.0. The maximum atomic E-state index is 12.5. The van der Waals surface area contributed by atoms with E-state index in [-0.39, 0.29) is 80.3 Å². The van der Waals surface area contributed by atoms with Gasteiger partial charge in [0, 0.05) is 20.6 Å².